The minimum Gasteiger partial charge on any atom is -0.344 e. The number of amides is 1. The first-order valence-electron chi connectivity index (χ1n) is 8.72. The molecule has 1 aromatic carbocycles. The zero-order chi connectivity index (χ0) is 18.1. The number of fused-ring (bicyclic) bond motifs is 1. The number of nitrogens with zero attached hydrogens (tertiary/aromatic N) is 5. The normalized spacial score (nSPS) is 16.2. The van der Waals surface area contributed by atoms with Gasteiger partial charge in [0.15, 0.2) is 0 Å². The van der Waals surface area contributed by atoms with E-state index in [2.05, 4.69) is 20.0 Å². The second-order valence-electron chi connectivity index (χ2n) is 6.70. The van der Waals surface area contributed by atoms with E-state index in [-0.39, 0.29) is 5.91 Å². The van der Waals surface area contributed by atoms with Crippen LogP contribution in [0.25, 0.3) is 11.0 Å². The van der Waals surface area contributed by atoms with Crippen molar-refractivity contribution in [1.82, 2.24) is 29.5 Å². The molecule has 0 unspecified atom stereocenters. The van der Waals surface area contributed by atoms with Crippen LogP contribution in [0.5, 0.6) is 0 Å². The number of hydrogen-bond acceptors (Lipinski definition) is 4. The maximum atomic E-state index is 13.9. The van der Waals surface area contributed by atoms with E-state index in [1.165, 1.54) is 18.5 Å². The SMILES string of the molecule is Cn1cc(CN2CCCN(C(=O)c3cc(F)cc4[nH]cnc34)CC2)cn1. The molecule has 2 aromatic heterocycles. The fourth-order valence-corrected chi connectivity index (χ4v) is 3.49. The largest absolute Gasteiger partial charge is 0.344 e. The van der Waals surface area contributed by atoms with Crippen molar-refractivity contribution in [2.75, 3.05) is 26.2 Å². The van der Waals surface area contributed by atoms with Crippen LogP contribution in [0.15, 0.2) is 30.9 Å². The van der Waals surface area contributed by atoms with Gasteiger partial charge in [0.2, 0.25) is 0 Å². The van der Waals surface area contributed by atoms with E-state index >= 15 is 0 Å². The molecule has 1 fully saturated rings. The molecule has 1 aliphatic rings. The standard InChI is InChI=1S/C18H21FN6O/c1-23-10-13(9-22-23)11-24-3-2-4-25(6-5-24)18(26)15-7-14(19)8-16-17(15)21-12-20-16/h7-10,12H,2-6,11H2,1H3,(H,20,21). The minimum atomic E-state index is -0.432. The Morgan fingerprint density at radius 3 is 2.96 bits per heavy atom. The summed E-state index contributed by atoms with van der Waals surface area (Å²) in [4.78, 5) is 24.1. The zero-order valence-electron chi connectivity index (χ0n) is 14.7. The zero-order valence-corrected chi connectivity index (χ0v) is 14.7. The Bertz CT molecular complexity index is 933. The van der Waals surface area contributed by atoms with Gasteiger partial charge in [0, 0.05) is 51.5 Å². The number of halogens is 1. The second kappa shape index (κ2) is 6.87. The van der Waals surface area contributed by atoms with E-state index < -0.39 is 5.82 Å². The highest BCUT2D eigenvalue weighted by atomic mass is 19.1. The quantitative estimate of drug-likeness (QED) is 0.777. The van der Waals surface area contributed by atoms with Crippen molar-refractivity contribution in [3.63, 3.8) is 0 Å². The molecule has 0 spiro atoms. The number of carbonyl (C=O) groups excluding carboxylic acids is 1. The molecule has 0 atom stereocenters. The molecule has 0 bridgehead atoms. The Hall–Kier alpha value is -2.74. The monoisotopic (exact) mass is 356 g/mol. The van der Waals surface area contributed by atoms with E-state index in [0.717, 1.165) is 31.6 Å². The van der Waals surface area contributed by atoms with Crippen LogP contribution in [-0.2, 0) is 13.6 Å². The number of rotatable bonds is 3. The van der Waals surface area contributed by atoms with Crippen molar-refractivity contribution in [3.8, 4) is 0 Å². The van der Waals surface area contributed by atoms with Crippen LogP contribution < -0.4 is 0 Å². The van der Waals surface area contributed by atoms with Gasteiger partial charge in [-0.1, -0.05) is 0 Å². The van der Waals surface area contributed by atoms with Gasteiger partial charge in [-0.25, -0.2) is 9.37 Å². The van der Waals surface area contributed by atoms with Gasteiger partial charge in [0.1, 0.15) is 11.3 Å². The van der Waals surface area contributed by atoms with Crippen molar-refractivity contribution in [1.29, 1.82) is 0 Å². The molecule has 1 amide bonds. The first kappa shape index (κ1) is 16.7. The highest BCUT2D eigenvalue weighted by Gasteiger charge is 2.23. The van der Waals surface area contributed by atoms with Crippen LogP contribution in [-0.4, -0.2) is 61.6 Å². The molecule has 1 N–H and O–H groups in total. The number of aromatic amines is 1. The van der Waals surface area contributed by atoms with Crippen molar-refractivity contribution >= 4 is 16.9 Å². The number of H-pyrrole nitrogens is 1. The molecular formula is C18H21FN6O. The van der Waals surface area contributed by atoms with Crippen LogP contribution in [0.4, 0.5) is 4.39 Å². The van der Waals surface area contributed by atoms with Crippen molar-refractivity contribution in [2.45, 2.75) is 13.0 Å². The Morgan fingerprint density at radius 2 is 2.15 bits per heavy atom. The summed E-state index contributed by atoms with van der Waals surface area (Å²) in [6.07, 6.45) is 6.24. The van der Waals surface area contributed by atoms with E-state index in [1.54, 1.807) is 9.58 Å². The predicted octanol–water partition coefficient (Wildman–Crippen LogP) is 1.78. The molecule has 0 saturated carbocycles. The van der Waals surface area contributed by atoms with E-state index in [0.29, 0.717) is 29.7 Å². The highest BCUT2D eigenvalue weighted by Crippen LogP contribution is 2.20. The third-order valence-electron chi connectivity index (χ3n) is 4.76. The fraction of sp³-hybridized carbons (Fsp3) is 0.389. The average Bonchev–Trinajstić information content (AvgIpc) is 3.17. The molecular weight excluding hydrogens is 335 g/mol. The third-order valence-corrected chi connectivity index (χ3v) is 4.76. The lowest BCUT2D eigenvalue weighted by molar-refractivity contribution is 0.0762. The maximum Gasteiger partial charge on any atom is 0.256 e. The summed E-state index contributed by atoms with van der Waals surface area (Å²) in [5.41, 5.74) is 2.55. The molecule has 3 aromatic rings. The van der Waals surface area contributed by atoms with E-state index in [4.69, 9.17) is 0 Å². The van der Waals surface area contributed by atoms with Gasteiger partial charge in [-0.15, -0.1) is 0 Å². The molecule has 0 radical (unpaired) electrons. The molecule has 1 aliphatic heterocycles. The molecule has 26 heavy (non-hydrogen) atoms. The van der Waals surface area contributed by atoms with Crippen LogP contribution in [0.2, 0.25) is 0 Å². The number of benzene rings is 1. The third kappa shape index (κ3) is 3.32. The van der Waals surface area contributed by atoms with Crippen molar-refractivity contribution in [3.05, 3.63) is 47.8 Å². The Balaban J connectivity index is 1.48. The summed E-state index contributed by atoms with van der Waals surface area (Å²) in [5, 5.41) is 4.20. The number of aromatic nitrogens is 4. The molecule has 3 heterocycles. The fourth-order valence-electron chi connectivity index (χ4n) is 3.49. The van der Waals surface area contributed by atoms with Gasteiger partial charge >= 0.3 is 0 Å². The van der Waals surface area contributed by atoms with Crippen LogP contribution >= 0.6 is 0 Å². The van der Waals surface area contributed by atoms with E-state index in [9.17, 15) is 9.18 Å². The van der Waals surface area contributed by atoms with Crippen LogP contribution in [0, 0.1) is 5.82 Å². The molecule has 136 valence electrons. The lowest BCUT2D eigenvalue weighted by Crippen LogP contribution is -2.35. The number of hydrogen-bond donors (Lipinski definition) is 1. The molecule has 8 heteroatoms. The lowest BCUT2D eigenvalue weighted by atomic mass is 10.1. The van der Waals surface area contributed by atoms with Gasteiger partial charge in [0.25, 0.3) is 5.91 Å². The molecule has 7 nitrogen and oxygen atoms in total. The van der Waals surface area contributed by atoms with E-state index in [1.807, 2.05) is 19.4 Å². The summed E-state index contributed by atoms with van der Waals surface area (Å²) < 4.78 is 15.6. The summed E-state index contributed by atoms with van der Waals surface area (Å²) in [5.74, 6) is -0.594. The number of nitrogens with one attached hydrogen (secondary N) is 1. The second-order valence-corrected chi connectivity index (χ2v) is 6.70. The lowest BCUT2D eigenvalue weighted by Gasteiger charge is -2.22. The van der Waals surface area contributed by atoms with Crippen LogP contribution in [0.1, 0.15) is 22.3 Å². The number of aryl methyl sites for hydroxylation is 1. The van der Waals surface area contributed by atoms with Gasteiger partial charge in [-0.2, -0.15) is 5.10 Å². The van der Waals surface area contributed by atoms with Crippen LogP contribution in [0.3, 0.4) is 0 Å². The number of imidazole rings is 1. The molecule has 0 aliphatic carbocycles. The Morgan fingerprint density at radius 1 is 1.27 bits per heavy atom. The summed E-state index contributed by atoms with van der Waals surface area (Å²) >= 11 is 0. The highest BCUT2D eigenvalue weighted by molar-refractivity contribution is 6.04. The average molecular weight is 356 g/mol. The number of carbonyl (C=O) groups is 1. The van der Waals surface area contributed by atoms with Gasteiger partial charge in [-0.3, -0.25) is 14.4 Å². The first-order valence-corrected chi connectivity index (χ1v) is 8.72. The van der Waals surface area contributed by atoms with Crippen molar-refractivity contribution < 1.29 is 9.18 Å². The van der Waals surface area contributed by atoms with Crippen molar-refractivity contribution in [2.24, 2.45) is 7.05 Å². The summed E-state index contributed by atoms with van der Waals surface area (Å²) in [6.45, 7) is 3.78. The maximum absolute atomic E-state index is 13.9. The topological polar surface area (TPSA) is 70.0 Å². The summed E-state index contributed by atoms with van der Waals surface area (Å²) in [6, 6.07) is 2.64. The predicted molar refractivity (Wildman–Crippen MR) is 95.1 cm³/mol. The minimum absolute atomic E-state index is 0.162. The smallest absolute Gasteiger partial charge is 0.256 e. The van der Waals surface area contributed by atoms with Gasteiger partial charge in [-0.05, 0) is 18.6 Å². The molecule has 4 rings (SSSR count). The Labute approximate surface area is 150 Å². The summed E-state index contributed by atoms with van der Waals surface area (Å²) in [7, 11) is 1.90. The van der Waals surface area contributed by atoms with Gasteiger partial charge < -0.3 is 9.88 Å². The van der Waals surface area contributed by atoms with Gasteiger partial charge in [0.05, 0.1) is 23.6 Å². The Kier molecular flexibility index (Phi) is 4.42. The first-order chi connectivity index (χ1) is 12.6. The molecule has 1 saturated heterocycles.